The quantitative estimate of drug-likeness (QED) is 0.163. The summed E-state index contributed by atoms with van der Waals surface area (Å²) in [7, 11) is -2.54. The third kappa shape index (κ3) is 8.94. The first-order chi connectivity index (χ1) is 21.1. The second kappa shape index (κ2) is 14.3. The molecule has 0 saturated carbocycles. The van der Waals surface area contributed by atoms with Gasteiger partial charge in [-0.2, -0.15) is 0 Å². The first kappa shape index (κ1) is 32.2. The van der Waals surface area contributed by atoms with E-state index in [4.69, 9.17) is 47.2 Å². The zero-order chi connectivity index (χ0) is 31.2. The third-order valence-corrected chi connectivity index (χ3v) is 7.79. The van der Waals surface area contributed by atoms with Gasteiger partial charge in [0.15, 0.2) is 0 Å². The van der Waals surface area contributed by atoms with Crippen LogP contribution in [0.4, 0.5) is 0 Å². The number of halogens is 2. The van der Waals surface area contributed by atoms with E-state index < -0.39 is 13.6 Å². The van der Waals surface area contributed by atoms with Crippen LogP contribution < -0.4 is 9.26 Å². The van der Waals surface area contributed by atoms with Crippen LogP contribution in [-0.2, 0) is 32.9 Å². The fourth-order valence-electron chi connectivity index (χ4n) is 4.78. The second-order valence-corrected chi connectivity index (χ2v) is 12.4. The molecule has 2 heterocycles. The van der Waals surface area contributed by atoms with Crippen molar-refractivity contribution in [1.29, 1.82) is 0 Å². The largest absolute Gasteiger partial charge is 0.524 e. The minimum atomic E-state index is -4.56. The van der Waals surface area contributed by atoms with Crippen molar-refractivity contribution in [2.45, 2.75) is 25.0 Å². The van der Waals surface area contributed by atoms with Crippen molar-refractivity contribution in [3.05, 3.63) is 118 Å². The van der Waals surface area contributed by atoms with Crippen molar-refractivity contribution in [2.24, 2.45) is 0 Å². The fourth-order valence-corrected chi connectivity index (χ4v) is 5.73. The summed E-state index contributed by atoms with van der Waals surface area (Å²) < 4.78 is 36.1. The van der Waals surface area contributed by atoms with Crippen molar-refractivity contribution in [3.63, 3.8) is 0 Å². The zero-order valence-corrected chi connectivity index (χ0v) is 26.2. The summed E-state index contributed by atoms with van der Waals surface area (Å²) in [5, 5.41) is 0.988. The van der Waals surface area contributed by atoms with Crippen LogP contribution in [-0.4, -0.2) is 57.1 Å². The molecule has 44 heavy (non-hydrogen) atoms. The molecule has 0 spiro atoms. The van der Waals surface area contributed by atoms with Crippen LogP contribution in [0.5, 0.6) is 11.5 Å². The van der Waals surface area contributed by atoms with Crippen LogP contribution >= 0.6 is 31.0 Å². The van der Waals surface area contributed by atoms with Gasteiger partial charge in [-0.05, 0) is 54.6 Å². The molecule has 2 atom stereocenters. The maximum atomic E-state index is 10.9. The van der Waals surface area contributed by atoms with Crippen molar-refractivity contribution >= 4 is 37.1 Å². The molecule has 3 aromatic carbocycles. The number of ether oxygens (including phenoxy) is 3. The fraction of sp³-hybridized carbons (Fsp3) is 0.258. The molecular formula is C31H32Cl2N3O7P. The number of hydrogen-bond donors (Lipinski definition) is 2. The van der Waals surface area contributed by atoms with E-state index in [1.54, 1.807) is 36.8 Å². The van der Waals surface area contributed by atoms with Gasteiger partial charge >= 0.3 is 7.82 Å². The third-order valence-electron chi connectivity index (χ3n) is 6.79. The monoisotopic (exact) mass is 659 g/mol. The number of aromatic nitrogens is 2. The van der Waals surface area contributed by atoms with Gasteiger partial charge in [0.05, 0.1) is 24.5 Å². The number of rotatable bonds is 13. The van der Waals surface area contributed by atoms with E-state index in [1.165, 1.54) is 12.1 Å². The van der Waals surface area contributed by atoms with E-state index in [0.717, 1.165) is 23.4 Å². The van der Waals surface area contributed by atoms with Crippen molar-refractivity contribution in [2.75, 3.05) is 26.8 Å². The van der Waals surface area contributed by atoms with Crippen LogP contribution in [0.3, 0.4) is 0 Å². The average molecular weight is 660 g/mol. The molecule has 0 unspecified atom stereocenters. The Morgan fingerprint density at radius 1 is 1.11 bits per heavy atom. The Labute approximate surface area is 265 Å². The van der Waals surface area contributed by atoms with Crippen molar-refractivity contribution < 1.29 is 33.1 Å². The highest BCUT2D eigenvalue weighted by Gasteiger charge is 2.45. The number of imidazole rings is 1. The summed E-state index contributed by atoms with van der Waals surface area (Å²) in [4.78, 5) is 24.1. The number of phosphoric acid groups is 1. The molecule has 10 nitrogen and oxygen atoms in total. The Morgan fingerprint density at radius 2 is 1.86 bits per heavy atom. The van der Waals surface area contributed by atoms with Crippen LogP contribution in [0, 0.1) is 0 Å². The van der Waals surface area contributed by atoms with Gasteiger partial charge in [0.25, 0.3) is 0 Å². The smallest absolute Gasteiger partial charge is 0.491 e. The molecule has 1 aliphatic heterocycles. The number of likely N-dealkylation sites (N-methyl/N-ethyl adjacent to an activating group) is 1. The molecule has 1 aromatic heterocycles. The van der Waals surface area contributed by atoms with Gasteiger partial charge < -0.3 is 23.3 Å². The number of benzene rings is 3. The predicted molar refractivity (Wildman–Crippen MR) is 168 cm³/mol. The zero-order valence-electron chi connectivity index (χ0n) is 23.8. The normalized spacial score (nSPS) is 18.7. The maximum absolute atomic E-state index is 10.9. The Kier molecular flexibility index (Phi) is 10.5. The molecule has 2 N–H and O–H groups in total. The van der Waals surface area contributed by atoms with Crippen LogP contribution in [0.2, 0.25) is 10.0 Å². The summed E-state index contributed by atoms with van der Waals surface area (Å²) in [5.74, 6) is -0.267. The van der Waals surface area contributed by atoms with Crippen molar-refractivity contribution in [1.82, 2.24) is 14.5 Å². The Morgan fingerprint density at radius 3 is 2.55 bits per heavy atom. The van der Waals surface area contributed by atoms with Gasteiger partial charge in [-0.15, -0.1) is 0 Å². The highest BCUT2D eigenvalue weighted by Crippen LogP contribution is 2.41. The molecule has 1 saturated heterocycles. The first-order valence-corrected chi connectivity index (χ1v) is 16.0. The van der Waals surface area contributed by atoms with Crippen molar-refractivity contribution in [3.8, 4) is 11.5 Å². The van der Waals surface area contributed by atoms with E-state index in [0.29, 0.717) is 41.9 Å². The molecule has 1 aliphatic rings. The number of hydrogen-bond acceptors (Lipinski definition) is 7. The molecule has 0 bridgehead atoms. The van der Waals surface area contributed by atoms with E-state index in [2.05, 4.69) is 14.4 Å². The highest BCUT2D eigenvalue weighted by atomic mass is 35.5. The van der Waals surface area contributed by atoms with Gasteiger partial charge in [-0.3, -0.25) is 14.7 Å². The minimum Gasteiger partial charge on any atom is -0.491 e. The molecule has 5 rings (SSSR count). The maximum Gasteiger partial charge on any atom is 0.524 e. The molecule has 0 amide bonds. The Balaban J connectivity index is 1.11. The predicted octanol–water partition coefficient (Wildman–Crippen LogP) is 6.15. The highest BCUT2D eigenvalue weighted by molar-refractivity contribution is 7.46. The Hall–Kier alpha value is -3.18. The first-order valence-electron chi connectivity index (χ1n) is 13.7. The second-order valence-electron chi connectivity index (χ2n) is 10.4. The summed E-state index contributed by atoms with van der Waals surface area (Å²) in [6.45, 7) is 2.43. The molecular weight excluding hydrogens is 628 g/mol. The lowest BCUT2D eigenvalue weighted by Crippen LogP contribution is -2.34. The SMILES string of the molecule is CN(C/C=C/c1ccc(OP(=O)(O)O)cc1)Cc1ccc(OC[C@H]2CO[C@](Cn3ccnc3)(c3ccc(Cl)cc3Cl)O2)cc1. The summed E-state index contributed by atoms with van der Waals surface area (Å²) in [5.41, 5.74) is 2.71. The lowest BCUT2D eigenvalue weighted by Gasteiger charge is -2.30. The summed E-state index contributed by atoms with van der Waals surface area (Å²) >= 11 is 12.7. The minimum absolute atomic E-state index is 0.116. The van der Waals surface area contributed by atoms with Gasteiger partial charge in [-0.25, -0.2) is 9.55 Å². The van der Waals surface area contributed by atoms with E-state index in [9.17, 15) is 4.57 Å². The van der Waals surface area contributed by atoms with Gasteiger partial charge in [0.1, 0.15) is 24.2 Å². The lowest BCUT2D eigenvalue weighted by molar-refractivity contribution is -0.189. The van der Waals surface area contributed by atoms with Gasteiger partial charge in [-0.1, -0.05) is 65.7 Å². The van der Waals surface area contributed by atoms with E-state index in [-0.39, 0.29) is 11.9 Å². The van der Waals surface area contributed by atoms with E-state index in [1.807, 2.05) is 60.3 Å². The number of nitrogens with zero attached hydrogens (tertiary/aromatic N) is 3. The lowest BCUT2D eigenvalue weighted by atomic mass is 10.1. The summed E-state index contributed by atoms with van der Waals surface area (Å²) in [6.07, 6.45) is 8.87. The van der Waals surface area contributed by atoms with Crippen LogP contribution in [0.25, 0.3) is 6.08 Å². The molecule has 4 aromatic rings. The number of phosphoric ester groups is 1. The van der Waals surface area contributed by atoms with Crippen LogP contribution in [0.15, 0.2) is 91.5 Å². The molecule has 13 heteroatoms. The Bertz CT molecular complexity index is 1600. The van der Waals surface area contributed by atoms with Gasteiger partial charge in [0.2, 0.25) is 5.79 Å². The molecule has 232 valence electrons. The molecule has 1 fully saturated rings. The molecule has 0 aliphatic carbocycles. The summed E-state index contributed by atoms with van der Waals surface area (Å²) in [6, 6.07) is 19.7. The standard InChI is InChI=1S/C31H32Cl2N3O7P/c1-35(15-2-3-23-4-11-27(12-5-23)43-44(37,38)39)18-24-6-9-26(10-7-24)40-19-28-20-41-31(42-28,21-36-16-14-34-22-36)29-13-8-25(32)17-30(29)33/h2-14,16-17,22,28H,15,18-21H2,1H3,(H2,37,38,39)/b3-2+/t28-,31-/m0/s1. The average Bonchev–Trinajstić information content (AvgIpc) is 3.63. The van der Waals surface area contributed by atoms with E-state index >= 15 is 0 Å². The van der Waals surface area contributed by atoms with Gasteiger partial charge in [0, 0.05) is 36.1 Å². The topological polar surface area (TPSA) is 116 Å². The molecule has 0 radical (unpaired) electrons. The van der Waals surface area contributed by atoms with Crippen LogP contribution in [0.1, 0.15) is 16.7 Å².